The maximum absolute atomic E-state index is 12.9. The summed E-state index contributed by atoms with van der Waals surface area (Å²) < 4.78 is 36.9. The molecule has 0 bridgehead atoms. The number of pyridine rings is 1. The van der Waals surface area contributed by atoms with E-state index in [0.29, 0.717) is 32.7 Å². The number of hydrogen-bond acceptors (Lipinski definition) is 5. The Labute approximate surface area is 184 Å². The van der Waals surface area contributed by atoms with Crippen molar-refractivity contribution in [2.45, 2.75) is 38.3 Å². The van der Waals surface area contributed by atoms with Crippen molar-refractivity contribution in [3.8, 4) is 0 Å². The lowest BCUT2D eigenvalue weighted by Gasteiger charge is -2.46. The van der Waals surface area contributed by atoms with Crippen LogP contribution in [0.15, 0.2) is 24.4 Å². The van der Waals surface area contributed by atoms with E-state index in [4.69, 9.17) is 14.6 Å². The Morgan fingerprint density at radius 3 is 2.38 bits per heavy atom. The van der Waals surface area contributed by atoms with Gasteiger partial charge in [-0.3, -0.25) is 14.6 Å². The highest BCUT2D eigenvalue weighted by Gasteiger charge is 2.46. The molecule has 11 heteroatoms. The number of hydrogen-bond donors (Lipinski definition) is 1. The molecule has 2 amide bonds. The van der Waals surface area contributed by atoms with E-state index in [9.17, 15) is 22.8 Å². The number of aliphatic carboxylic acids is 1. The number of carbonyl (C=O) groups is 3. The Morgan fingerprint density at radius 2 is 1.84 bits per heavy atom. The number of aromatic nitrogens is 1. The summed E-state index contributed by atoms with van der Waals surface area (Å²) in [5.74, 6) is -2.40. The van der Waals surface area contributed by atoms with Crippen LogP contribution >= 0.6 is 0 Å². The third-order valence-electron chi connectivity index (χ3n) is 5.76. The summed E-state index contributed by atoms with van der Waals surface area (Å²) in [5.41, 5.74) is 0.528. The minimum absolute atomic E-state index is 0.105. The van der Waals surface area contributed by atoms with Gasteiger partial charge in [-0.15, -0.1) is 0 Å². The number of piperidine rings is 2. The number of carboxylic acids is 1. The lowest BCUT2D eigenvalue weighted by molar-refractivity contribution is -0.192. The van der Waals surface area contributed by atoms with Crippen molar-refractivity contribution in [1.82, 2.24) is 14.8 Å². The minimum Gasteiger partial charge on any atom is -0.475 e. The topological polar surface area (TPSA) is 100 Å². The molecule has 0 aromatic carbocycles. The van der Waals surface area contributed by atoms with Gasteiger partial charge in [0.2, 0.25) is 11.8 Å². The second kappa shape index (κ2) is 11.3. The molecule has 0 saturated carbocycles. The van der Waals surface area contributed by atoms with Crippen molar-refractivity contribution in [3.05, 3.63) is 30.1 Å². The van der Waals surface area contributed by atoms with Crippen LogP contribution < -0.4 is 0 Å². The normalized spacial score (nSPS) is 18.2. The number of amides is 2. The van der Waals surface area contributed by atoms with E-state index in [0.717, 1.165) is 37.9 Å². The highest BCUT2D eigenvalue weighted by molar-refractivity contribution is 5.84. The van der Waals surface area contributed by atoms with Crippen LogP contribution in [0.1, 0.15) is 31.4 Å². The molecule has 2 aliphatic rings. The van der Waals surface area contributed by atoms with Gasteiger partial charge < -0.3 is 19.6 Å². The highest BCUT2D eigenvalue weighted by Crippen LogP contribution is 2.41. The zero-order chi connectivity index (χ0) is 23.8. The third kappa shape index (κ3) is 6.91. The molecule has 0 atom stereocenters. The maximum atomic E-state index is 12.9. The summed E-state index contributed by atoms with van der Waals surface area (Å²) in [5, 5.41) is 7.12. The van der Waals surface area contributed by atoms with Crippen LogP contribution in [0, 0.1) is 5.41 Å². The van der Waals surface area contributed by atoms with Crippen LogP contribution in [-0.4, -0.2) is 83.7 Å². The van der Waals surface area contributed by atoms with Crippen LogP contribution in [0.3, 0.4) is 0 Å². The molecule has 2 fully saturated rings. The number of carboxylic acid groups (broad SMARTS) is 1. The highest BCUT2D eigenvalue weighted by atomic mass is 19.4. The lowest BCUT2D eigenvalue weighted by atomic mass is 9.71. The number of methoxy groups -OCH3 is 1. The van der Waals surface area contributed by atoms with Gasteiger partial charge >= 0.3 is 12.1 Å². The summed E-state index contributed by atoms with van der Waals surface area (Å²) in [6.07, 6.45) is 0.479. The molecule has 1 N–H and O–H groups in total. The number of alkyl halides is 3. The van der Waals surface area contributed by atoms with Crippen molar-refractivity contribution >= 4 is 17.8 Å². The zero-order valence-electron chi connectivity index (χ0n) is 17.9. The predicted octanol–water partition coefficient (Wildman–Crippen LogP) is 2.13. The first-order valence-electron chi connectivity index (χ1n) is 10.4. The third-order valence-corrected chi connectivity index (χ3v) is 5.76. The molecule has 178 valence electrons. The fraction of sp³-hybridized carbons (Fsp3) is 0.619. The van der Waals surface area contributed by atoms with Crippen molar-refractivity contribution in [2.75, 3.05) is 39.9 Å². The molecule has 2 aliphatic heterocycles. The van der Waals surface area contributed by atoms with Crippen LogP contribution in [-0.2, 0) is 25.5 Å². The van der Waals surface area contributed by atoms with E-state index < -0.39 is 12.1 Å². The average molecular weight is 459 g/mol. The molecule has 1 aromatic rings. The summed E-state index contributed by atoms with van der Waals surface area (Å²) >= 11 is 0. The molecule has 0 unspecified atom stereocenters. The molecule has 3 rings (SSSR count). The first-order chi connectivity index (χ1) is 15.1. The van der Waals surface area contributed by atoms with Crippen molar-refractivity contribution in [1.29, 1.82) is 0 Å². The molecule has 32 heavy (non-hydrogen) atoms. The van der Waals surface area contributed by atoms with Gasteiger partial charge in [-0.05, 0) is 37.8 Å². The lowest BCUT2D eigenvalue weighted by Crippen LogP contribution is -2.55. The van der Waals surface area contributed by atoms with E-state index in [1.165, 1.54) is 0 Å². The van der Waals surface area contributed by atoms with Crippen molar-refractivity contribution in [3.63, 3.8) is 0 Å². The molecule has 0 aliphatic carbocycles. The summed E-state index contributed by atoms with van der Waals surface area (Å²) in [6.45, 7) is 3.40. The fourth-order valence-corrected chi connectivity index (χ4v) is 3.98. The number of ether oxygens (including phenoxy) is 1. The van der Waals surface area contributed by atoms with Gasteiger partial charge in [-0.2, -0.15) is 13.2 Å². The second-order valence-corrected chi connectivity index (χ2v) is 7.85. The van der Waals surface area contributed by atoms with Crippen LogP contribution in [0.25, 0.3) is 0 Å². The Kier molecular flexibility index (Phi) is 8.99. The zero-order valence-corrected chi connectivity index (χ0v) is 17.9. The van der Waals surface area contributed by atoms with Gasteiger partial charge in [0.1, 0.15) is 0 Å². The smallest absolute Gasteiger partial charge is 0.475 e. The second-order valence-electron chi connectivity index (χ2n) is 7.85. The van der Waals surface area contributed by atoms with Crippen LogP contribution in [0.4, 0.5) is 13.2 Å². The number of likely N-dealkylation sites (tertiary alicyclic amines) is 2. The van der Waals surface area contributed by atoms with E-state index in [1.807, 2.05) is 28.0 Å². The van der Waals surface area contributed by atoms with Gasteiger partial charge in [0.05, 0.1) is 18.4 Å². The molecule has 3 heterocycles. The molecule has 0 radical (unpaired) electrons. The molecular formula is C21H28F3N3O5. The van der Waals surface area contributed by atoms with Crippen molar-refractivity contribution in [2.24, 2.45) is 5.41 Å². The Bertz CT molecular complexity index is 781. The van der Waals surface area contributed by atoms with Gasteiger partial charge in [0.15, 0.2) is 0 Å². The minimum atomic E-state index is -5.08. The number of rotatable bonds is 5. The Morgan fingerprint density at radius 1 is 1.19 bits per heavy atom. The largest absolute Gasteiger partial charge is 0.490 e. The molecular weight excluding hydrogens is 431 g/mol. The first-order valence-corrected chi connectivity index (χ1v) is 10.4. The van der Waals surface area contributed by atoms with Gasteiger partial charge in [0.25, 0.3) is 0 Å². The molecule has 8 nitrogen and oxygen atoms in total. The van der Waals surface area contributed by atoms with Gasteiger partial charge in [0, 0.05) is 45.2 Å². The monoisotopic (exact) mass is 459 g/mol. The SMILES string of the molecule is COCCN1CCCC2(CCN(C(=O)Cc3ccccn3)CC2)C1=O.O=C(O)C(F)(F)F. The summed E-state index contributed by atoms with van der Waals surface area (Å²) in [4.78, 5) is 42.4. The summed E-state index contributed by atoms with van der Waals surface area (Å²) in [7, 11) is 1.66. The van der Waals surface area contributed by atoms with Crippen LogP contribution in [0.2, 0.25) is 0 Å². The van der Waals surface area contributed by atoms with E-state index in [-0.39, 0.29) is 17.2 Å². The number of nitrogens with zero attached hydrogens (tertiary/aromatic N) is 3. The summed E-state index contributed by atoms with van der Waals surface area (Å²) in [6, 6.07) is 5.63. The molecule has 1 spiro atoms. The van der Waals surface area contributed by atoms with Gasteiger partial charge in [-0.1, -0.05) is 6.07 Å². The maximum Gasteiger partial charge on any atom is 0.490 e. The number of carbonyl (C=O) groups excluding carboxylic acids is 2. The van der Waals surface area contributed by atoms with Crippen LogP contribution in [0.5, 0.6) is 0 Å². The van der Waals surface area contributed by atoms with Crippen molar-refractivity contribution < 1.29 is 37.4 Å². The average Bonchev–Trinajstić information content (AvgIpc) is 2.76. The van der Waals surface area contributed by atoms with E-state index in [2.05, 4.69) is 4.98 Å². The fourth-order valence-electron chi connectivity index (χ4n) is 3.98. The molecule has 1 aromatic heterocycles. The standard InChI is InChI=1S/C19H27N3O3.C2HF3O2/c1-25-14-13-22-10-4-6-19(18(22)24)7-11-21(12-8-19)17(23)15-16-5-2-3-9-20-16;3-2(4,5)1(6)7/h2-3,5,9H,4,6-8,10-15H2,1H3;(H,6,7). The Hall–Kier alpha value is -2.69. The Balaban J connectivity index is 0.000000451. The molecule has 2 saturated heterocycles. The van der Waals surface area contributed by atoms with E-state index >= 15 is 0 Å². The first kappa shape index (κ1) is 25.6. The number of halogens is 3. The quantitative estimate of drug-likeness (QED) is 0.724. The van der Waals surface area contributed by atoms with Gasteiger partial charge in [-0.25, -0.2) is 4.79 Å². The predicted molar refractivity (Wildman–Crippen MR) is 108 cm³/mol. The van der Waals surface area contributed by atoms with E-state index in [1.54, 1.807) is 13.3 Å².